The van der Waals surface area contributed by atoms with Crippen molar-refractivity contribution in [3.63, 3.8) is 0 Å². The van der Waals surface area contributed by atoms with E-state index in [1.165, 1.54) is 0 Å². The quantitative estimate of drug-likeness (QED) is 0.355. The van der Waals surface area contributed by atoms with E-state index in [0.29, 0.717) is 23.7 Å². The second kappa shape index (κ2) is 9.60. The molecule has 0 bridgehead atoms. The Kier molecular flexibility index (Phi) is 6.93. The molecule has 0 aliphatic carbocycles. The van der Waals surface area contributed by atoms with Crippen molar-refractivity contribution in [2.24, 2.45) is 5.10 Å². The second-order valence-corrected chi connectivity index (χ2v) is 7.30. The first-order valence-electron chi connectivity index (χ1n) is 9.46. The molecule has 0 unspecified atom stereocenters. The van der Waals surface area contributed by atoms with Crippen molar-refractivity contribution < 1.29 is 18.7 Å². The lowest BCUT2D eigenvalue weighted by Gasteiger charge is -2.18. The summed E-state index contributed by atoms with van der Waals surface area (Å²) in [6.07, 6.45) is 2.49. The average Bonchev–Trinajstić information content (AvgIpc) is 3.15. The van der Waals surface area contributed by atoms with E-state index in [1.807, 2.05) is 50.2 Å². The highest BCUT2D eigenvalue weighted by atomic mass is 79.9. The van der Waals surface area contributed by atoms with Crippen LogP contribution in [0.2, 0.25) is 0 Å². The van der Waals surface area contributed by atoms with E-state index in [-0.39, 0.29) is 11.9 Å². The Labute approximate surface area is 178 Å². The number of fused-ring (bicyclic) bond motifs is 1. The number of nitrogens with zero attached hydrogens (tertiary/aromatic N) is 1. The van der Waals surface area contributed by atoms with E-state index in [1.54, 1.807) is 12.3 Å². The number of amides is 1. The second-order valence-electron chi connectivity index (χ2n) is 6.45. The predicted octanol–water partition coefficient (Wildman–Crippen LogP) is 5.54. The molecule has 1 atom stereocenters. The third-order valence-corrected chi connectivity index (χ3v) is 4.84. The summed E-state index contributed by atoms with van der Waals surface area (Å²) in [6, 6.07) is 12.8. The number of carbonyl (C=O) groups is 1. The number of rotatable bonds is 8. The molecular weight excluding hydrogens is 436 g/mol. The van der Waals surface area contributed by atoms with Crippen molar-refractivity contribution in [3.05, 3.63) is 58.3 Å². The lowest BCUT2D eigenvalue weighted by molar-refractivity contribution is 0.0929. The topological polar surface area (TPSA) is 73.1 Å². The summed E-state index contributed by atoms with van der Waals surface area (Å²) in [5.41, 5.74) is 3.89. The molecule has 7 heteroatoms. The van der Waals surface area contributed by atoms with Gasteiger partial charge in [-0.25, -0.2) is 5.43 Å². The van der Waals surface area contributed by atoms with Gasteiger partial charge in [0.1, 0.15) is 5.58 Å². The molecule has 3 rings (SSSR count). The molecule has 1 aromatic heterocycles. The maximum atomic E-state index is 12.3. The van der Waals surface area contributed by atoms with E-state index in [9.17, 15) is 4.79 Å². The van der Waals surface area contributed by atoms with Crippen LogP contribution in [0, 0.1) is 0 Å². The van der Waals surface area contributed by atoms with Gasteiger partial charge in [-0.15, -0.1) is 0 Å². The van der Waals surface area contributed by atoms with E-state index >= 15 is 0 Å². The molecule has 0 fully saturated rings. The molecule has 0 aliphatic heterocycles. The smallest absolute Gasteiger partial charge is 0.307 e. The van der Waals surface area contributed by atoms with Crippen LogP contribution in [0.3, 0.4) is 0 Å². The molecule has 29 heavy (non-hydrogen) atoms. The number of para-hydroxylation sites is 1. The van der Waals surface area contributed by atoms with E-state index in [2.05, 4.69) is 33.4 Å². The molecule has 0 radical (unpaired) electrons. The third kappa shape index (κ3) is 5.17. The number of ether oxygens (including phenoxy) is 2. The fourth-order valence-electron chi connectivity index (χ4n) is 2.64. The number of nitrogens with one attached hydrogen (secondary N) is 1. The van der Waals surface area contributed by atoms with E-state index in [4.69, 9.17) is 13.9 Å². The minimum Gasteiger partial charge on any atom is -0.490 e. The summed E-state index contributed by atoms with van der Waals surface area (Å²) in [6.45, 7) is 6.48. The Morgan fingerprint density at radius 3 is 2.79 bits per heavy atom. The fourth-order valence-corrected chi connectivity index (χ4v) is 3.19. The normalized spacial score (nSPS) is 12.3. The van der Waals surface area contributed by atoms with Crippen LogP contribution in [0.25, 0.3) is 11.0 Å². The van der Waals surface area contributed by atoms with Crippen LogP contribution in [0.1, 0.15) is 43.3 Å². The van der Waals surface area contributed by atoms with Gasteiger partial charge in [0.05, 0.1) is 23.4 Å². The van der Waals surface area contributed by atoms with Crippen molar-refractivity contribution in [2.45, 2.75) is 33.3 Å². The van der Waals surface area contributed by atoms with Crippen molar-refractivity contribution in [3.8, 4) is 11.5 Å². The van der Waals surface area contributed by atoms with Crippen molar-refractivity contribution >= 4 is 39.0 Å². The number of furan rings is 1. The molecule has 1 heterocycles. The summed E-state index contributed by atoms with van der Waals surface area (Å²) in [5.74, 6) is 1.06. The largest absolute Gasteiger partial charge is 0.490 e. The zero-order chi connectivity index (χ0) is 20.8. The molecule has 2 aromatic carbocycles. The number of carbonyl (C=O) groups excluding carboxylic acids is 1. The van der Waals surface area contributed by atoms with Gasteiger partial charge in [-0.3, -0.25) is 4.79 Å². The minimum atomic E-state index is -0.418. The highest BCUT2D eigenvalue weighted by Gasteiger charge is 2.15. The maximum absolute atomic E-state index is 12.3. The SMILES string of the molecule is CCOc1cc(/C=N/NC(=O)c2cc3ccccc3o2)cc(Br)c1O[C@@H](C)CC. The predicted molar refractivity (Wildman–Crippen MR) is 117 cm³/mol. The third-order valence-electron chi connectivity index (χ3n) is 4.25. The standard InChI is InChI=1S/C22H23BrN2O4/c1-4-14(3)28-21-17(23)10-15(11-19(21)27-5-2)13-24-25-22(26)20-12-16-8-6-7-9-18(16)29-20/h6-14H,4-5H2,1-3H3,(H,25,26)/b24-13+/t14-/m0/s1. The first-order chi connectivity index (χ1) is 14.0. The molecule has 1 N–H and O–H groups in total. The number of hydrazone groups is 1. The molecule has 0 saturated heterocycles. The zero-order valence-electron chi connectivity index (χ0n) is 16.6. The first-order valence-corrected chi connectivity index (χ1v) is 10.3. The fraction of sp³-hybridized carbons (Fsp3) is 0.273. The van der Waals surface area contributed by atoms with Crippen LogP contribution in [0.5, 0.6) is 11.5 Å². The van der Waals surface area contributed by atoms with Crippen molar-refractivity contribution in [1.82, 2.24) is 5.43 Å². The van der Waals surface area contributed by atoms with Crippen LogP contribution >= 0.6 is 15.9 Å². The van der Waals surface area contributed by atoms with Crippen molar-refractivity contribution in [1.29, 1.82) is 0 Å². The van der Waals surface area contributed by atoms with E-state index < -0.39 is 5.91 Å². The van der Waals surface area contributed by atoms with Crippen LogP contribution < -0.4 is 14.9 Å². The van der Waals surface area contributed by atoms with Gasteiger partial charge in [-0.2, -0.15) is 5.10 Å². The van der Waals surface area contributed by atoms with Crippen molar-refractivity contribution in [2.75, 3.05) is 6.61 Å². The number of halogens is 1. The molecule has 3 aromatic rings. The van der Waals surface area contributed by atoms with Crippen LogP contribution in [-0.4, -0.2) is 24.8 Å². The molecule has 152 valence electrons. The average molecular weight is 459 g/mol. The lowest BCUT2D eigenvalue weighted by Crippen LogP contribution is -2.16. The van der Waals surface area contributed by atoms with Gasteiger partial charge in [0, 0.05) is 5.39 Å². The lowest BCUT2D eigenvalue weighted by atomic mass is 10.2. The Hall–Kier alpha value is -2.80. The minimum absolute atomic E-state index is 0.0631. The number of benzene rings is 2. The molecule has 0 aliphatic rings. The Bertz CT molecular complexity index is 996. The van der Waals surface area contributed by atoms with E-state index in [0.717, 1.165) is 21.8 Å². The number of hydrogen-bond donors (Lipinski definition) is 1. The molecular formula is C22H23BrN2O4. The summed E-state index contributed by atoms with van der Waals surface area (Å²) in [7, 11) is 0. The Balaban J connectivity index is 1.74. The van der Waals surface area contributed by atoms with Gasteiger partial charge >= 0.3 is 5.91 Å². The highest BCUT2D eigenvalue weighted by Crippen LogP contribution is 2.37. The van der Waals surface area contributed by atoms with Gasteiger partial charge in [0.15, 0.2) is 17.3 Å². The number of hydrogen-bond acceptors (Lipinski definition) is 5. The van der Waals surface area contributed by atoms with Crippen LogP contribution in [0.4, 0.5) is 0 Å². The molecule has 0 spiro atoms. The monoisotopic (exact) mass is 458 g/mol. The van der Waals surface area contributed by atoms with Crippen LogP contribution in [0.15, 0.2) is 56.5 Å². The molecule has 6 nitrogen and oxygen atoms in total. The van der Waals surface area contributed by atoms with Gasteiger partial charge < -0.3 is 13.9 Å². The van der Waals surface area contributed by atoms with Gasteiger partial charge in [0.2, 0.25) is 0 Å². The molecule has 1 amide bonds. The summed E-state index contributed by atoms with van der Waals surface area (Å²) in [5, 5.41) is 4.90. The van der Waals surface area contributed by atoms with Gasteiger partial charge in [0.25, 0.3) is 0 Å². The van der Waals surface area contributed by atoms with Crippen LogP contribution in [-0.2, 0) is 0 Å². The maximum Gasteiger partial charge on any atom is 0.307 e. The van der Waals surface area contributed by atoms with Gasteiger partial charge in [-0.1, -0.05) is 25.1 Å². The summed E-state index contributed by atoms with van der Waals surface area (Å²) in [4.78, 5) is 12.3. The molecule has 0 saturated carbocycles. The summed E-state index contributed by atoms with van der Waals surface area (Å²) < 4.78 is 18.0. The highest BCUT2D eigenvalue weighted by molar-refractivity contribution is 9.10. The summed E-state index contributed by atoms with van der Waals surface area (Å²) >= 11 is 3.53. The Morgan fingerprint density at radius 2 is 2.07 bits per heavy atom. The zero-order valence-corrected chi connectivity index (χ0v) is 18.2. The Morgan fingerprint density at radius 1 is 1.28 bits per heavy atom. The van der Waals surface area contributed by atoms with Gasteiger partial charge in [-0.05, 0) is 66.0 Å². The first kappa shape index (κ1) is 20.9.